The van der Waals surface area contributed by atoms with Crippen LogP contribution in [0, 0.1) is 0 Å². The maximum atomic E-state index is 10.0. The van der Waals surface area contributed by atoms with Gasteiger partial charge in [-0.25, -0.2) is 4.98 Å². The fourth-order valence-electron chi connectivity index (χ4n) is 2.37. The number of likely N-dealkylation sites (tertiary alicyclic amines) is 1. The molecule has 0 amide bonds. The molecule has 1 saturated heterocycles. The van der Waals surface area contributed by atoms with Crippen LogP contribution in [0.2, 0.25) is 0 Å². The van der Waals surface area contributed by atoms with Gasteiger partial charge in [0.1, 0.15) is 6.17 Å². The van der Waals surface area contributed by atoms with Crippen molar-refractivity contribution in [2.45, 2.75) is 38.5 Å². The van der Waals surface area contributed by atoms with E-state index in [1.807, 2.05) is 10.8 Å². The second kappa shape index (κ2) is 4.77. The number of aliphatic hydroxyl groups is 1. The summed E-state index contributed by atoms with van der Waals surface area (Å²) in [6.45, 7) is 4.29. The van der Waals surface area contributed by atoms with Gasteiger partial charge in [0.25, 0.3) is 0 Å². The maximum Gasteiger partial charge on any atom is 0.114 e. The maximum absolute atomic E-state index is 10.0. The number of hydrogen-bond donors (Lipinski definition) is 1. The van der Waals surface area contributed by atoms with Gasteiger partial charge in [0.15, 0.2) is 0 Å². The Hall–Kier alpha value is -0.870. The highest BCUT2D eigenvalue weighted by Crippen LogP contribution is 2.26. The van der Waals surface area contributed by atoms with E-state index in [1.54, 1.807) is 12.5 Å². The first-order valence-electron chi connectivity index (χ1n) is 5.72. The summed E-state index contributed by atoms with van der Waals surface area (Å²) in [7, 11) is 0. The minimum Gasteiger partial charge on any atom is -0.390 e. The summed E-state index contributed by atoms with van der Waals surface area (Å²) in [6, 6.07) is 0. The number of hydrogen-bond acceptors (Lipinski definition) is 3. The Morgan fingerprint density at radius 1 is 1.53 bits per heavy atom. The normalized spacial score (nSPS) is 28.1. The molecule has 0 radical (unpaired) electrons. The van der Waals surface area contributed by atoms with Gasteiger partial charge in [-0.1, -0.05) is 6.92 Å². The molecule has 1 aliphatic heterocycles. The van der Waals surface area contributed by atoms with E-state index in [-0.39, 0.29) is 12.3 Å². The second-order valence-corrected chi connectivity index (χ2v) is 4.17. The number of piperidine rings is 1. The van der Waals surface area contributed by atoms with Gasteiger partial charge in [0.05, 0.1) is 12.4 Å². The third-order valence-corrected chi connectivity index (χ3v) is 3.00. The van der Waals surface area contributed by atoms with E-state index in [0.29, 0.717) is 0 Å². The minimum absolute atomic E-state index is 0.0844. The molecule has 4 heteroatoms. The van der Waals surface area contributed by atoms with Gasteiger partial charge in [-0.05, 0) is 25.8 Å². The molecule has 2 unspecified atom stereocenters. The summed E-state index contributed by atoms with van der Waals surface area (Å²) in [5.74, 6) is 0. The molecule has 0 spiro atoms. The molecule has 84 valence electrons. The van der Waals surface area contributed by atoms with Crippen molar-refractivity contribution in [2.24, 2.45) is 0 Å². The summed E-state index contributed by atoms with van der Waals surface area (Å²) >= 11 is 0. The molecule has 2 atom stereocenters. The van der Waals surface area contributed by atoms with E-state index in [1.165, 1.54) is 0 Å². The van der Waals surface area contributed by atoms with Crippen LogP contribution in [0.15, 0.2) is 18.7 Å². The van der Waals surface area contributed by atoms with Crippen LogP contribution in [-0.4, -0.2) is 38.8 Å². The summed E-state index contributed by atoms with van der Waals surface area (Å²) in [6.07, 6.45) is 8.42. The first kappa shape index (κ1) is 10.6. The van der Waals surface area contributed by atoms with E-state index < -0.39 is 0 Å². The molecule has 1 aliphatic rings. The smallest absolute Gasteiger partial charge is 0.114 e. The van der Waals surface area contributed by atoms with Crippen molar-refractivity contribution in [1.29, 1.82) is 0 Å². The Kier molecular flexibility index (Phi) is 3.38. The molecule has 0 aromatic carbocycles. The molecule has 1 aromatic rings. The topological polar surface area (TPSA) is 41.3 Å². The van der Waals surface area contributed by atoms with Crippen LogP contribution in [0.3, 0.4) is 0 Å². The molecule has 0 aliphatic carbocycles. The monoisotopic (exact) mass is 209 g/mol. The minimum atomic E-state index is -0.264. The van der Waals surface area contributed by atoms with Crippen molar-refractivity contribution < 1.29 is 5.11 Å². The van der Waals surface area contributed by atoms with Crippen molar-refractivity contribution in [3.63, 3.8) is 0 Å². The zero-order chi connectivity index (χ0) is 10.7. The van der Waals surface area contributed by atoms with E-state index >= 15 is 0 Å². The largest absolute Gasteiger partial charge is 0.390 e. The van der Waals surface area contributed by atoms with Gasteiger partial charge in [0.2, 0.25) is 0 Å². The molecule has 1 N–H and O–H groups in total. The zero-order valence-corrected chi connectivity index (χ0v) is 9.21. The third kappa shape index (κ3) is 2.21. The van der Waals surface area contributed by atoms with Crippen LogP contribution < -0.4 is 0 Å². The summed E-state index contributed by atoms with van der Waals surface area (Å²) in [5, 5.41) is 10.0. The molecule has 4 nitrogen and oxygen atoms in total. The van der Waals surface area contributed by atoms with Crippen molar-refractivity contribution in [1.82, 2.24) is 14.5 Å². The Balaban J connectivity index is 2.15. The Morgan fingerprint density at radius 2 is 2.40 bits per heavy atom. The van der Waals surface area contributed by atoms with Crippen LogP contribution >= 0.6 is 0 Å². The number of nitrogens with zero attached hydrogens (tertiary/aromatic N) is 3. The standard InChI is InChI=1S/C11H19N3O/c1-2-6-13-7-3-4-10(15)11(13)14-8-5-12-9-14/h5,8-11,15H,2-4,6-7H2,1H3. The lowest BCUT2D eigenvalue weighted by atomic mass is 10.0. The molecular formula is C11H19N3O. The van der Waals surface area contributed by atoms with E-state index in [0.717, 1.165) is 32.4 Å². The zero-order valence-electron chi connectivity index (χ0n) is 9.21. The predicted molar refractivity (Wildman–Crippen MR) is 58.4 cm³/mol. The van der Waals surface area contributed by atoms with Crippen LogP contribution in [-0.2, 0) is 0 Å². The predicted octanol–water partition coefficient (Wildman–Crippen LogP) is 1.25. The van der Waals surface area contributed by atoms with Crippen LogP contribution in [0.4, 0.5) is 0 Å². The number of imidazole rings is 1. The van der Waals surface area contributed by atoms with Gasteiger partial charge in [-0.15, -0.1) is 0 Å². The van der Waals surface area contributed by atoms with Gasteiger partial charge in [-0.2, -0.15) is 0 Å². The summed E-state index contributed by atoms with van der Waals surface area (Å²) < 4.78 is 2.01. The van der Waals surface area contributed by atoms with Gasteiger partial charge in [0, 0.05) is 18.9 Å². The molecule has 0 bridgehead atoms. The van der Waals surface area contributed by atoms with Crippen molar-refractivity contribution in [3.8, 4) is 0 Å². The quantitative estimate of drug-likeness (QED) is 0.814. The van der Waals surface area contributed by atoms with E-state index in [9.17, 15) is 5.11 Å². The van der Waals surface area contributed by atoms with E-state index in [4.69, 9.17) is 0 Å². The average Bonchev–Trinajstić information content (AvgIpc) is 2.71. The average molecular weight is 209 g/mol. The number of rotatable bonds is 3. The van der Waals surface area contributed by atoms with Crippen molar-refractivity contribution in [2.75, 3.05) is 13.1 Å². The fraction of sp³-hybridized carbons (Fsp3) is 0.727. The lowest BCUT2D eigenvalue weighted by molar-refractivity contribution is -0.0275. The molecule has 2 rings (SSSR count). The Bertz CT molecular complexity index is 284. The molecule has 0 saturated carbocycles. The highest BCUT2D eigenvalue weighted by Gasteiger charge is 2.30. The first-order chi connectivity index (χ1) is 7.33. The van der Waals surface area contributed by atoms with Crippen molar-refractivity contribution in [3.05, 3.63) is 18.7 Å². The van der Waals surface area contributed by atoms with E-state index in [2.05, 4.69) is 16.8 Å². The van der Waals surface area contributed by atoms with Crippen LogP contribution in [0.1, 0.15) is 32.4 Å². The summed E-state index contributed by atoms with van der Waals surface area (Å²) in [4.78, 5) is 6.39. The fourth-order valence-corrected chi connectivity index (χ4v) is 2.37. The lowest BCUT2D eigenvalue weighted by Crippen LogP contribution is -2.44. The van der Waals surface area contributed by atoms with Gasteiger partial charge >= 0.3 is 0 Å². The Labute approximate surface area is 90.5 Å². The highest BCUT2D eigenvalue weighted by molar-refractivity contribution is 4.87. The Morgan fingerprint density at radius 3 is 3.07 bits per heavy atom. The lowest BCUT2D eigenvalue weighted by Gasteiger charge is -2.39. The van der Waals surface area contributed by atoms with Crippen LogP contribution in [0.5, 0.6) is 0 Å². The molecule has 15 heavy (non-hydrogen) atoms. The SMILES string of the molecule is CCCN1CCCC(O)C1n1ccnc1. The molecule has 1 aromatic heterocycles. The highest BCUT2D eigenvalue weighted by atomic mass is 16.3. The van der Waals surface area contributed by atoms with Gasteiger partial charge < -0.3 is 9.67 Å². The van der Waals surface area contributed by atoms with Crippen molar-refractivity contribution >= 4 is 0 Å². The van der Waals surface area contributed by atoms with Gasteiger partial charge in [-0.3, -0.25) is 4.90 Å². The molecule has 1 fully saturated rings. The number of aliphatic hydroxyl groups excluding tert-OH is 1. The van der Waals surface area contributed by atoms with Crippen LogP contribution in [0.25, 0.3) is 0 Å². The first-order valence-corrected chi connectivity index (χ1v) is 5.72. The number of aromatic nitrogens is 2. The second-order valence-electron chi connectivity index (χ2n) is 4.17. The molecular weight excluding hydrogens is 190 g/mol. The third-order valence-electron chi connectivity index (χ3n) is 3.00. The molecule has 2 heterocycles. The summed E-state index contributed by atoms with van der Waals surface area (Å²) in [5.41, 5.74) is 0.